The molecule has 0 fully saturated rings. The van der Waals surface area contributed by atoms with Gasteiger partial charge in [0.25, 0.3) is 0 Å². The molecular formula is C39H33Cr. The second kappa shape index (κ2) is 12.8. The van der Waals surface area contributed by atoms with E-state index in [9.17, 15) is 0 Å². The van der Waals surface area contributed by atoms with Crippen molar-refractivity contribution in [3.8, 4) is 0 Å². The first kappa shape index (κ1) is 26.1. The Morgan fingerprint density at radius 1 is 0.225 bits per heavy atom. The Hall–Kier alpha value is -4.15. The molecule has 0 atom stereocenters. The Morgan fingerprint density at radius 3 is 0.525 bits per heavy atom. The van der Waals surface area contributed by atoms with Gasteiger partial charge in [-0.15, -0.1) is 0 Å². The molecule has 0 aliphatic heterocycles. The van der Waals surface area contributed by atoms with Crippen molar-refractivity contribution in [2.75, 3.05) is 0 Å². The molecule has 195 valence electrons. The van der Waals surface area contributed by atoms with Crippen LogP contribution in [0.25, 0.3) is 0 Å². The first-order valence-corrected chi connectivity index (χ1v) is 16.1. The predicted molar refractivity (Wildman–Crippen MR) is 164 cm³/mol. The summed E-state index contributed by atoms with van der Waals surface area (Å²) in [6, 6.07) is 67.4. The Bertz CT molecular complexity index is 1250. The van der Waals surface area contributed by atoms with E-state index in [1.807, 2.05) is 0 Å². The van der Waals surface area contributed by atoms with E-state index in [-0.39, 0.29) is 14.3 Å². The topological polar surface area (TPSA) is 0 Å². The molecule has 1 heteroatoms. The molecule has 0 spiro atoms. The SMILES string of the molecule is c1ccc([CH](c2ccccc2)[Cr]([CH](c2ccccc2)c2ccccc2)[CH](c2ccccc2)c2ccccc2)cc1. The molecule has 0 N–H and O–H groups in total. The Kier molecular flexibility index (Phi) is 8.35. The van der Waals surface area contributed by atoms with Gasteiger partial charge in [-0.05, 0) is 0 Å². The van der Waals surface area contributed by atoms with Crippen LogP contribution in [-0.4, -0.2) is 0 Å². The van der Waals surface area contributed by atoms with Crippen molar-refractivity contribution in [2.24, 2.45) is 0 Å². The van der Waals surface area contributed by atoms with Crippen molar-refractivity contribution in [1.82, 2.24) is 0 Å². The summed E-state index contributed by atoms with van der Waals surface area (Å²) in [5.74, 6) is 0. The van der Waals surface area contributed by atoms with Gasteiger partial charge in [-0.3, -0.25) is 0 Å². The number of benzene rings is 6. The van der Waals surface area contributed by atoms with Crippen molar-refractivity contribution in [2.45, 2.75) is 14.3 Å². The standard InChI is InChI=1S/3C13H11.Cr/c3*1-3-7-12(8-4-1)11-13-9-5-2-6-10-13;/h3*1-11H;. The average Bonchev–Trinajstić information content (AvgIpc) is 3.04. The first-order valence-electron chi connectivity index (χ1n) is 13.9. The average molecular weight is 554 g/mol. The van der Waals surface area contributed by atoms with E-state index in [0.29, 0.717) is 0 Å². The fraction of sp³-hybridized carbons (Fsp3) is 0.0769. The second-order valence-corrected chi connectivity index (χ2v) is 13.5. The molecule has 0 aromatic heterocycles. The van der Waals surface area contributed by atoms with Crippen LogP contribution >= 0.6 is 0 Å². The van der Waals surface area contributed by atoms with Crippen LogP contribution < -0.4 is 0 Å². The van der Waals surface area contributed by atoms with Crippen molar-refractivity contribution in [1.29, 1.82) is 0 Å². The molecule has 6 aromatic carbocycles. The summed E-state index contributed by atoms with van der Waals surface area (Å²) in [5, 5.41) is 0. The Morgan fingerprint density at radius 2 is 0.375 bits per heavy atom. The van der Waals surface area contributed by atoms with E-state index >= 15 is 0 Å². The summed E-state index contributed by atoms with van der Waals surface area (Å²) >= 11 is -1.73. The van der Waals surface area contributed by atoms with Gasteiger partial charge >= 0.3 is 244 Å². The van der Waals surface area contributed by atoms with Crippen molar-refractivity contribution in [3.05, 3.63) is 215 Å². The molecule has 0 saturated heterocycles. The summed E-state index contributed by atoms with van der Waals surface area (Å²) in [7, 11) is 0. The van der Waals surface area contributed by atoms with E-state index in [1.165, 1.54) is 33.4 Å². The molecule has 0 radical (unpaired) electrons. The maximum absolute atomic E-state index is 2.34. The molecule has 0 heterocycles. The molecule has 0 bridgehead atoms. The van der Waals surface area contributed by atoms with Crippen LogP contribution in [0.3, 0.4) is 0 Å². The maximum atomic E-state index is 2.34. The molecular weight excluding hydrogens is 520 g/mol. The van der Waals surface area contributed by atoms with Gasteiger partial charge in [0.05, 0.1) is 0 Å². The van der Waals surface area contributed by atoms with Crippen LogP contribution in [-0.2, 0) is 14.1 Å². The van der Waals surface area contributed by atoms with E-state index in [1.54, 1.807) is 0 Å². The van der Waals surface area contributed by atoms with Gasteiger partial charge < -0.3 is 0 Å². The van der Waals surface area contributed by atoms with E-state index in [2.05, 4.69) is 182 Å². The Labute approximate surface area is 243 Å². The predicted octanol–water partition coefficient (Wildman–Crippen LogP) is 9.97. The van der Waals surface area contributed by atoms with Crippen molar-refractivity contribution >= 4 is 0 Å². The van der Waals surface area contributed by atoms with Gasteiger partial charge in [0.2, 0.25) is 0 Å². The minimum absolute atomic E-state index is 0.276. The van der Waals surface area contributed by atoms with Gasteiger partial charge in [0, 0.05) is 0 Å². The van der Waals surface area contributed by atoms with E-state index in [4.69, 9.17) is 0 Å². The third-order valence-corrected chi connectivity index (χ3v) is 12.5. The monoisotopic (exact) mass is 553 g/mol. The van der Waals surface area contributed by atoms with Gasteiger partial charge in [-0.1, -0.05) is 0 Å². The van der Waals surface area contributed by atoms with Crippen LogP contribution in [0.2, 0.25) is 0 Å². The van der Waals surface area contributed by atoms with Crippen LogP contribution in [0, 0.1) is 0 Å². The van der Waals surface area contributed by atoms with Crippen LogP contribution in [0.4, 0.5) is 0 Å². The first-order chi connectivity index (χ1) is 19.9. The molecule has 0 amide bonds. The summed E-state index contributed by atoms with van der Waals surface area (Å²) in [4.78, 5) is 0. The van der Waals surface area contributed by atoms with E-state index in [0.717, 1.165) is 0 Å². The third-order valence-electron chi connectivity index (χ3n) is 7.43. The van der Waals surface area contributed by atoms with Crippen LogP contribution in [0.5, 0.6) is 0 Å². The Balaban J connectivity index is 1.69. The van der Waals surface area contributed by atoms with Crippen molar-refractivity contribution in [3.63, 3.8) is 0 Å². The number of hydrogen-bond acceptors (Lipinski definition) is 0. The van der Waals surface area contributed by atoms with Gasteiger partial charge in [0.1, 0.15) is 0 Å². The zero-order chi connectivity index (χ0) is 27.0. The zero-order valence-electron chi connectivity index (χ0n) is 22.5. The number of rotatable bonds is 9. The summed E-state index contributed by atoms with van der Waals surface area (Å²) in [6.45, 7) is 0. The van der Waals surface area contributed by atoms with Gasteiger partial charge in [-0.25, -0.2) is 0 Å². The second-order valence-electron chi connectivity index (χ2n) is 10.0. The van der Waals surface area contributed by atoms with Gasteiger partial charge in [-0.2, -0.15) is 0 Å². The molecule has 0 unspecified atom stereocenters. The fourth-order valence-corrected chi connectivity index (χ4v) is 11.4. The molecule has 0 nitrogen and oxygen atoms in total. The molecule has 40 heavy (non-hydrogen) atoms. The quantitative estimate of drug-likeness (QED) is 0.167. The van der Waals surface area contributed by atoms with Crippen molar-refractivity contribution < 1.29 is 14.1 Å². The normalized spacial score (nSPS) is 11.4. The third kappa shape index (κ3) is 5.73. The fourth-order valence-electron chi connectivity index (χ4n) is 5.70. The summed E-state index contributed by atoms with van der Waals surface area (Å²) < 4.78 is 0.828. The molecule has 6 aromatic rings. The molecule has 0 saturated carbocycles. The van der Waals surface area contributed by atoms with Crippen LogP contribution in [0.15, 0.2) is 182 Å². The van der Waals surface area contributed by atoms with Crippen LogP contribution in [0.1, 0.15) is 47.7 Å². The van der Waals surface area contributed by atoms with E-state index < -0.39 is 14.1 Å². The minimum atomic E-state index is -1.73. The molecule has 0 aliphatic carbocycles. The summed E-state index contributed by atoms with van der Waals surface area (Å²) in [5.41, 5.74) is 8.37. The molecule has 0 aliphatic rings. The van der Waals surface area contributed by atoms with Gasteiger partial charge in [0.15, 0.2) is 0 Å². The summed E-state index contributed by atoms with van der Waals surface area (Å²) in [6.07, 6.45) is 0. The zero-order valence-corrected chi connectivity index (χ0v) is 23.7. The molecule has 6 rings (SSSR count). The number of hydrogen-bond donors (Lipinski definition) is 0.